The van der Waals surface area contributed by atoms with Crippen molar-refractivity contribution in [1.82, 2.24) is 0 Å². The first-order chi connectivity index (χ1) is 9.66. The third-order valence-corrected chi connectivity index (χ3v) is 4.11. The molecule has 0 saturated carbocycles. The van der Waals surface area contributed by atoms with Crippen LogP contribution in [0.2, 0.25) is 5.02 Å². The molecule has 2 N–H and O–H groups in total. The van der Waals surface area contributed by atoms with Gasteiger partial charge in [-0.05, 0) is 24.5 Å². The maximum atomic E-state index is 13.4. The predicted octanol–water partition coefficient (Wildman–Crippen LogP) is 4.40. The second-order valence-electron chi connectivity index (χ2n) is 5.09. The number of benzene rings is 2. The predicted molar refractivity (Wildman–Crippen MR) is 81.6 cm³/mol. The van der Waals surface area contributed by atoms with Crippen molar-refractivity contribution in [2.24, 2.45) is 0 Å². The maximum absolute atomic E-state index is 13.4. The van der Waals surface area contributed by atoms with Gasteiger partial charge >= 0.3 is 0 Å². The normalized spacial score (nSPS) is 18.5. The van der Waals surface area contributed by atoms with Gasteiger partial charge in [-0.15, -0.1) is 0 Å². The fourth-order valence-electron chi connectivity index (χ4n) is 2.88. The van der Waals surface area contributed by atoms with Crippen LogP contribution in [0.3, 0.4) is 0 Å². The summed E-state index contributed by atoms with van der Waals surface area (Å²) in [6.45, 7) is 0.908. The summed E-state index contributed by atoms with van der Waals surface area (Å²) in [5, 5.41) is 0.118. The topological polar surface area (TPSA) is 29.3 Å². The minimum atomic E-state index is -0.469. The first-order valence-electron chi connectivity index (χ1n) is 6.73. The van der Waals surface area contributed by atoms with Crippen LogP contribution in [0.4, 0.5) is 15.8 Å². The molecular formula is C16H16ClFN2. The van der Waals surface area contributed by atoms with Crippen LogP contribution in [0.5, 0.6) is 0 Å². The lowest BCUT2D eigenvalue weighted by Gasteiger charge is -2.28. The number of nitrogens with zero attached hydrogens (tertiary/aromatic N) is 1. The van der Waals surface area contributed by atoms with Crippen molar-refractivity contribution in [3.05, 3.63) is 58.9 Å². The molecule has 104 valence electrons. The highest BCUT2D eigenvalue weighted by Gasteiger charge is 2.27. The average molecular weight is 291 g/mol. The monoisotopic (exact) mass is 290 g/mol. The molecule has 1 unspecified atom stereocenters. The van der Waals surface area contributed by atoms with Crippen molar-refractivity contribution in [2.45, 2.75) is 18.9 Å². The van der Waals surface area contributed by atoms with Crippen LogP contribution in [0, 0.1) is 5.82 Å². The van der Waals surface area contributed by atoms with Crippen molar-refractivity contribution in [3.8, 4) is 0 Å². The van der Waals surface area contributed by atoms with Crippen molar-refractivity contribution in [3.63, 3.8) is 0 Å². The fraction of sp³-hybridized carbons (Fsp3) is 0.250. The van der Waals surface area contributed by atoms with E-state index >= 15 is 0 Å². The Kier molecular flexibility index (Phi) is 3.53. The molecule has 3 rings (SSSR count). The molecule has 2 aromatic rings. The molecule has 2 aromatic carbocycles. The van der Waals surface area contributed by atoms with Crippen molar-refractivity contribution in [1.29, 1.82) is 0 Å². The Hall–Kier alpha value is -1.74. The van der Waals surface area contributed by atoms with Crippen LogP contribution in [-0.4, -0.2) is 6.54 Å². The highest BCUT2D eigenvalue weighted by Crippen LogP contribution is 2.40. The van der Waals surface area contributed by atoms with Crippen LogP contribution < -0.4 is 10.6 Å². The Morgan fingerprint density at radius 2 is 1.95 bits per heavy atom. The Morgan fingerprint density at radius 3 is 2.70 bits per heavy atom. The van der Waals surface area contributed by atoms with E-state index in [1.807, 2.05) is 18.2 Å². The maximum Gasteiger partial charge on any atom is 0.143 e. The number of hydrogen-bond acceptors (Lipinski definition) is 2. The Bertz CT molecular complexity index is 615. The highest BCUT2D eigenvalue weighted by atomic mass is 35.5. The summed E-state index contributed by atoms with van der Waals surface area (Å²) in [7, 11) is 0. The van der Waals surface area contributed by atoms with Crippen molar-refractivity contribution < 1.29 is 4.39 Å². The van der Waals surface area contributed by atoms with E-state index in [0.717, 1.165) is 25.1 Å². The van der Waals surface area contributed by atoms with Gasteiger partial charge in [0, 0.05) is 12.6 Å². The summed E-state index contributed by atoms with van der Waals surface area (Å²) in [5.74, 6) is -0.469. The number of rotatable bonds is 2. The minimum Gasteiger partial charge on any atom is -0.397 e. The zero-order valence-corrected chi connectivity index (χ0v) is 11.8. The summed E-state index contributed by atoms with van der Waals surface area (Å²) in [4.78, 5) is 2.22. The van der Waals surface area contributed by atoms with E-state index < -0.39 is 5.82 Å². The molecule has 0 spiro atoms. The van der Waals surface area contributed by atoms with E-state index in [4.69, 9.17) is 17.3 Å². The molecule has 20 heavy (non-hydrogen) atoms. The molecule has 0 radical (unpaired) electrons. The zero-order valence-electron chi connectivity index (χ0n) is 11.0. The van der Waals surface area contributed by atoms with E-state index in [-0.39, 0.29) is 11.1 Å². The summed E-state index contributed by atoms with van der Waals surface area (Å²) >= 11 is 5.90. The van der Waals surface area contributed by atoms with Crippen LogP contribution in [0.25, 0.3) is 0 Å². The number of halogens is 2. The van der Waals surface area contributed by atoms with E-state index in [0.29, 0.717) is 5.69 Å². The smallest absolute Gasteiger partial charge is 0.143 e. The van der Waals surface area contributed by atoms with Gasteiger partial charge in [-0.1, -0.05) is 41.9 Å². The lowest BCUT2D eigenvalue weighted by Crippen LogP contribution is -2.23. The quantitative estimate of drug-likeness (QED) is 0.831. The summed E-state index contributed by atoms with van der Waals surface area (Å²) in [6.07, 6.45) is 2.16. The van der Waals surface area contributed by atoms with E-state index in [9.17, 15) is 4.39 Å². The zero-order chi connectivity index (χ0) is 14.1. The summed E-state index contributed by atoms with van der Waals surface area (Å²) < 4.78 is 13.4. The third kappa shape index (κ3) is 2.34. The molecule has 0 amide bonds. The first-order valence-corrected chi connectivity index (χ1v) is 7.10. The van der Waals surface area contributed by atoms with Crippen molar-refractivity contribution in [2.75, 3.05) is 17.2 Å². The minimum absolute atomic E-state index is 0.118. The molecule has 1 saturated heterocycles. The number of nitrogen functional groups attached to an aromatic ring is 1. The van der Waals surface area contributed by atoms with Gasteiger partial charge in [0.05, 0.1) is 22.4 Å². The van der Waals surface area contributed by atoms with Gasteiger partial charge in [0.1, 0.15) is 5.82 Å². The lowest BCUT2D eigenvalue weighted by molar-refractivity contribution is 0.628. The highest BCUT2D eigenvalue weighted by molar-refractivity contribution is 6.31. The summed E-state index contributed by atoms with van der Waals surface area (Å²) in [5.41, 5.74) is 8.49. The van der Waals surface area contributed by atoms with Gasteiger partial charge in [0.2, 0.25) is 0 Å². The van der Waals surface area contributed by atoms with Gasteiger partial charge < -0.3 is 10.6 Å². The number of hydrogen-bond donors (Lipinski definition) is 1. The van der Waals surface area contributed by atoms with Crippen molar-refractivity contribution >= 4 is 23.0 Å². The molecule has 1 atom stereocenters. The SMILES string of the molecule is Nc1cc(F)c(Cl)cc1N1CCCC1c1ccccc1. The summed E-state index contributed by atoms with van der Waals surface area (Å²) in [6, 6.07) is 13.5. The van der Waals surface area contributed by atoms with Crippen LogP contribution in [0.15, 0.2) is 42.5 Å². The lowest BCUT2D eigenvalue weighted by atomic mass is 10.0. The van der Waals surface area contributed by atoms with E-state index in [1.54, 1.807) is 6.07 Å². The van der Waals surface area contributed by atoms with Gasteiger partial charge in [-0.3, -0.25) is 0 Å². The largest absolute Gasteiger partial charge is 0.397 e. The fourth-order valence-corrected chi connectivity index (χ4v) is 3.04. The molecule has 1 aliphatic rings. The number of nitrogens with two attached hydrogens (primary N) is 1. The van der Waals surface area contributed by atoms with Crippen LogP contribution in [0.1, 0.15) is 24.4 Å². The second-order valence-corrected chi connectivity index (χ2v) is 5.49. The molecule has 0 aromatic heterocycles. The van der Waals surface area contributed by atoms with Crippen LogP contribution in [-0.2, 0) is 0 Å². The third-order valence-electron chi connectivity index (χ3n) is 3.82. The van der Waals surface area contributed by atoms with Gasteiger partial charge in [-0.2, -0.15) is 0 Å². The van der Waals surface area contributed by atoms with E-state index in [2.05, 4.69) is 17.0 Å². The molecule has 0 bridgehead atoms. The Labute approximate surface area is 123 Å². The standard InChI is InChI=1S/C16H16ClFN2/c17-12-9-16(14(19)10-13(12)18)20-8-4-7-15(20)11-5-2-1-3-6-11/h1-3,5-6,9-10,15H,4,7-8,19H2. The molecule has 1 aliphatic heterocycles. The van der Waals surface area contributed by atoms with Gasteiger partial charge in [0.15, 0.2) is 0 Å². The molecule has 4 heteroatoms. The number of anilines is 2. The Balaban J connectivity index is 1.99. The Morgan fingerprint density at radius 1 is 1.20 bits per heavy atom. The molecule has 0 aliphatic carbocycles. The molecular weight excluding hydrogens is 275 g/mol. The van der Waals surface area contributed by atoms with Gasteiger partial charge in [-0.25, -0.2) is 4.39 Å². The van der Waals surface area contributed by atoms with E-state index in [1.165, 1.54) is 11.6 Å². The average Bonchev–Trinajstić information content (AvgIpc) is 2.93. The van der Waals surface area contributed by atoms with Crippen LogP contribution >= 0.6 is 11.6 Å². The first kappa shape index (κ1) is 13.3. The second kappa shape index (κ2) is 5.33. The molecule has 1 heterocycles. The molecule has 1 fully saturated rings. The molecule has 2 nitrogen and oxygen atoms in total. The van der Waals surface area contributed by atoms with Gasteiger partial charge in [0.25, 0.3) is 0 Å².